The Balaban J connectivity index is 1.73. The maximum absolute atomic E-state index is 13.6. The number of ether oxygens (including phenoxy) is 2. The Kier molecular flexibility index (Phi) is 7.77. The van der Waals surface area contributed by atoms with Crippen molar-refractivity contribution in [2.75, 3.05) is 19.8 Å². The van der Waals surface area contributed by atoms with E-state index in [-0.39, 0.29) is 18.3 Å². The number of ketones is 1. The van der Waals surface area contributed by atoms with Gasteiger partial charge in [0.1, 0.15) is 6.61 Å². The first kappa shape index (κ1) is 24.5. The minimum absolute atomic E-state index is 0.00536. The van der Waals surface area contributed by atoms with Gasteiger partial charge in [-0.1, -0.05) is 59.6 Å². The second kappa shape index (κ2) is 10.8. The quantitative estimate of drug-likeness (QED) is 0.377. The summed E-state index contributed by atoms with van der Waals surface area (Å²) in [6.45, 7) is 4.70. The molecule has 0 unspecified atom stereocenters. The third-order valence-electron chi connectivity index (χ3n) is 6.26. The molecule has 1 aliphatic carbocycles. The zero-order chi connectivity index (χ0) is 24.2. The zero-order valence-corrected chi connectivity index (χ0v) is 20.7. The van der Waals surface area contributed by atoms with Crippen LogP contribution >= 0.6 is 23.2 Å². The van der Waals surface area contributed by atoms with Crippen LogP contribution in [0.4, 0.5) is 0 Å². The Morgan fingerprint density at radius 3 is 2.50 bits per heavy atom. The number of halogens is 2. The van der Waals surface area contributed by atoms with E-state index in [0.717, 1.165) is 16.8 Å². The Labute approximate surface area is 209 Å². The number of hydrogen-bond acceptors (Lipinski definition) is 5. The SMILES string of the molecule is CCOCCOC(=O)C1=C(C)NC2=C(C(=O)C[C@@H](c3ccccc3)C2)[C@H]1c1ccc(Cl)c(Cl)c1. The van der Waals surface area contributed by atoms with Crippen molar-refractivity contribution in [1.29, 1.82) is 0 Å². The molecule has 4 rings (SSSR count). The number of hydrogen-bond donors (Lipinski definition) is 1. The van der Waals surface area contributed by atoms with Gasteiger partial charge in [0.25, 0.3) is 0 Å². The van der Waals surface area contributed by atoms with Gasteiger partial charge in [0.05, 0.1) is 22.2 Å². The number of carbonyl (C=O) groups excluding carboxylic acids is 2. The van der Waals surface area contributed by atoms with Gasteiger partial charge in [0, 0.05) is 35.9 Å². The molecule has 1 heterocycles. The van der Waals surface area contributed by atoms with Crippen molar-refractivity contribution in [3.8, 4) is 0 Å². The van der Waals surface area contributed by atoms with Crippen LogP contribution in [-0.4, -0.2) is 31.6 Å². The fourth-order valence-corrected chi connectivity index (χ4v) is 5.02. The standard InChI is InChI=1S/C27H27Cl2NO4/c1-3-33-11-12-34-27(32)24-16(2)30-22-14-19(17-7-5-4-6-8-17)15-23(31)26(22)25(24)18-9-10-20(28)21(29)13-18/h4-10,13,19,25,30H,3,11-12,14-15H2,1-2H3/t19-,25-/m0/s1. The second-order valence-electron chi connectivity index (χ2n) is 8.43. The second-order valence-corrected chi connectivity index (χ2v) is 9.25. The molecule has 0 saturated heterocycles. The zero-order valence-electron chi connectivity index (χ0n) is 19.2. The van der Waals surface area contributed by atoms with Crippen molar-refractivity contribution in [3.63, 3.8) is 0 Å². The molecule has 34 heavy (non-hydrogen) atoms. The highest BCUT2D eigenvalue weighted by molar-refractivity contribution is 6.42. The summed E-state index contributed by atoms with van der Waals surface area (Å²) in [6, 6.07) is 15.3. The molecule has 0 spiro atoms. The Bertz CT molecular complexity index is 1160. The fraction of sp³-hybridized carbons (Fsp3) is 0.333. The van der Waals surface area contributed by atoms with Crippen molar-refractivity contribution in [1.82, 2.24) is 5.32 Å². The van der Waals surface area contributed by atoms with Crippen LogP contribution in [0.1, 0.15) is 49.7 Å². The Hall–Kier alpha value is -2.60. The number of esters is 1. The first-order valence-corrected chi connectivity index (χ1v) is 12.1. The maximum atomic E-state index is 13.6. The van der Waals surface area contributed by atoms with Gasteiger partial charge in [-0.25, -0.2) is 4.79 Å². The third kappa shape index (κ3) is 5.07. The average Bonchev–Trinajstić information content (AvgIpc) is 2.83. The van der Waals surface area contributed by atoms with Gasteiger partial charge >= 0.3 is 5.97 Å². The smallest absolute Gasteiger partial charge is 0.336 e. The molecule has 0 fully saturated rings. The summed E-state index contributed by atoms with van der Waals surface area (Å²) in [4.78, 5) is 26.8. The largest absolute Gasteiger partial charge is 0.460 e. The summed E-state index contributed by atoms with van der Waals surface area (Å²) in [6.07, 6.45) is 1.04. The summed E-state index contributed by atoms with van der Waals surface area (Å²) in [5, 5.41) is 4.13. The number of nitrogens with one attached hydrogen (secondary N) is 1. The van der Waals surface area contributed by atoms with Crippen LogP contribution in [0.2, 0.25) is 10.0 Å². The molecular weight excluding hydrogens is 473 g/mol. The molecule has 1 aliphatic heterocycles. The molecule has 2 aromatic carbocycles. The van der Waals surface area contributed by atoms with E-state index < -0.39 is 11.9 Å². The summed E-state index contributed by atoms with van der Waals surface area (Å²) in [5.74, 6) is -0.993. The van der Waals surface area contributed by atoms with E-state index >= 15 is 0 Å². The first-order chi connectivity index (χ1) is 16.4. The molecule has 1 N–H and O–H groups in total. The average molecular weight is 500 g/mol. The van der Waals surface area contributed by atoms with Gasteiger partial charge in [0.15, 0.2) is 5.78 Å². The number of benzene rings is 2. The number of allylic oxidation sites excluding steroid dienone is 3. The normalized spacial score (nSPS) is 20.2. The highest BCUT2D eigenvalue weighted by atomic mass is 35.5. The maximum Gasteiger partial charge on any atom is 0.336 e. The molecular formula is C27H27Cl2NO4. The molecule has 0 amide bonds. The van der Waals surface area contributed by atoms with Crippen LogP contribution < -0.4 is 5.32 Å². The van der Waals surface area contributed by atoms with Crippen molar-refractivity contribution in [2.45, 2.75) is 38.5 Å². The van der Waals surface area contributed by atoms with E-state index in [4.69, 9.17) is 32.7 Å². The van der Waals surface area contributed by atoms with Crippen molar-refractivity contribution in [2.24, 2.45) is 0 Å². The Morgan fingerprint density at radius 2 is 1.79 bits per heavy atom. The lowest BCUT2D eigenvalue weighted by Crippen LogP contribution is -2.36. The summed E-state index contributed by atoms with van der Waals surface area (Å²) >= 11 is 12.5. The molecule has 0 radical (unpaired) electrons. The summed E-state index contributed by atoms with van der Waals surface area (Å²) < 4.78 is 10.8. The lowest BCUT2D eigenvalue weighted by Gasteiger charge is -2.36. The van der Waals surface area contributed by atoms with Crippen LogP contribution in [-0.2, 0) is 19.1 Å². The van der Waals surface area contributed by atoms with Crippen LogP contribution in [0.25, 0.3) is 0 Å². The van der Waals surface area contributed by atoms with E-state index in [1.165, 1.54) is 0 Å². The van der Waals surface area contributed by atoms with E-state index in [1.807, 2.05) is 50.2 Å². The highest BCUT2D eigenvalue weighted by Gasteiger charge is 2.41. The Morgan fingerprint density at radius 1 is 1.03 bits per heavy atom. The lowest BCUT2D eigenvalue weighted by atomic mass is 9.72. The van der Waals surface area contributed by atoms with Crippen LogP contribution in [0, 0.1) is 0 Å². The number of dihydropyridines is 1. The van der Waals surface area contributed by atoms with Crippen LogP contribution in [0.5, 0.6) is 0 Å². The molecule has 0 aromatic heterocycles. The predicted molar refractivity (Wildman–Crippen MR) is 133 cm³/mol. The van der Waals surface area contributed by atoms with Gasteiger partial charge in [-0.3, -0.25) is 4.79 Å². The first-order valence-electron chi connectivity index (χ1n) is 11.4. The molecule has 2 aliphatic rings. The predicted octanol–water partition coefficient (Wildman–Crippen LogP) is 5.93. The van der Waals surface area contributed by atoms with Gasteiger partial charge in [0.2, 0.25) is 0 Å². The van der Waals surface area contributed by atoms with Gasteiger partial charge < -0.3 is 14.8 Å². The van der Waals surface area contributed by atoms with Crippen molar-refractivity contribution in [3.05, 3.63) is 92.2 Å². The molecule has 0 bridgehead atoms. The van der Waals surface area contributed by atoms with Crippen LogP contribution in [0.15, 0.2) is 71.1 Å². The van der Waals surface area contributed by atoms with E-state index in [9.17, 15) is 9.59 Å². The minimum Gasteiger partial charge on any atom is -0.460 e. The van der Waals surface area contributed by atoms with Crippen LogP contribution in [0.3, 0.4) is 0 Å². The highest BCUT2D eigenvalue weighted by Crippen LogP contribution is 2.46. The molecule has 178 valence electrons. The molecule has 2 atom stereocenters. The van der Waals surface area contributed by atoms with Gasteiger partial charge in [-0.05, 0) is 49.4 Å². The molecule has 5 nitrogen and oxygen atoms in total. The summed E-state index contributed by atoms with van der Waals surface area (Å²) in [7, 11) is 0. The number of Topliss-reactive ketones (excluding diaryl/α,β-unsaturated/α-hetero) is 1. The molecule has 7 heteroatoms. The van der Waals surface area contributed by atoms with E-state index in [1.54, 1.807) is 12.1 Å². The monoisotopic (exact) mass is 499 g/mol. The van der Waals surface area contributed by atoms with E-state index in [0.29, 0.717) is 52.9 Å². The molecule has 2 aromatic rings. The lowest BCUT2D eigenvalue weighted by molar-refractivity contribution is -0.140. The fourth-order valence-electron chi connectivity index (χ4n) is 4.71. The summed E-state index contributed by atoms with van der Waals surface area (Å²) in [5.41, 5.74) is 4.35. The van der Waals surface area contributed by atoms with E-state index in [2.05, 4.69) is 5.32 Å². The minimum atomic E-state index is -0.588. The van der Waals surface area contributed by atoms with Gasteiger partial charge in [-0.2, -0.15) is 0 Å². The number of carbonyl (C=O) groups is 2. The number of rotatable bonds is 7. The van der Waals surface area contributed by atoms with Crippen molar-refractivity contribution < 1.29 is 19.1 Å². The molecule has 0 saturated carbocycles. The topological polar surface area (TPSA) is 64.6 Å². The van der Waals surface area contributed by atoms with Gasteiger partial charge in [-0.15, -0.1) is 0 Å². The third-order valence-corrected chi connectivity index (χ3v) is 7.00. The van der Waals surface area contributed by atoms with Crippen molar-refractivity contribution >= 4 is 35.0 Å².